The van der Waals surface area contributed by atoms with Crippen LogP contribution in [0.5, 0.6) is 5.75 Å². The van der Waals surface area contributed by atoms with E-state index in [1.54, 1.807) is 0 Å². The van der Waals surface area contributed by atoms with E-state index < -0.39 is 0 Å². The maximum Gasteiger partial charge on any atom is 0.119 e. The van der Waals surface area contributed by atoms with Crippen LogP contribution in [-0.4, -0.2) is 6.10 Å². The van der Waals surface area contributed by atoms with E-state index in [9.17, 15) is 0 Å². The van der Waals surface area contributed by atoms with Crippen LogP contribution in [0.3, 0.4) is 0 Å². The van der Waals surface area contributed by atoms with Gasteiger partial charge in [0.1, 0.15) is 5.75 Å². The third kappa shape index (κ3) is 3.41. The van der Waals surface area contributed by atoms with Gasteiger partial charge in [0.25, 0.3) is 0 Å². The van der Waals surface area contributed by atoms with E-state index >= 15 is 0 Å². The first kappa shape index (κ1) is 11.1. The lowest BCUT2D eigenvalue weighted by Crippen LogP contribution is -2.09. The molecule has 1 aromatic carbocycles. The summed E-state index contributed by atoms with van der Waals surface area (Å²) in [6.45, 7) is 8.05. The summed E-state index contributed by atoms with van der Waals surface area (Å²) in [4.78, 5) is 0. The quantitative estimate of drug-likeness (QED) is 0.690. The third-order valence-corrected chi connectivity index (χ3v) is 2.30. The molecule has 1 aromatic rings. The van der Waals surface area contributed by atoms with Crippen LogP contribution in [0.4, 0.5) is 0 Å². The Bertz CT molecular complexity index is 250. The summed E-state index contributed by atoms with van der Waals surface area (Å²) < 4.78 is 5.68. The Morgan fingerprint density at radius 3 is 2.43 bits per heavy atom. The molecular formula is C13H19O. The summed E-state index contributed by atoms with van der Waals surface area (Å²) >= 11 is 0. The SMILES string of the molecule is [CH2]CCc1ccc(OC(C)CC)cc1. The molecule has 1 unspecified atom stereocenters. The van der Waals surface area contributed by atoms with Gasteiger partial charge in [-0.3, -0.25) is 0 Å². The van der Waals surface area contributed by atoms with Gasteiger partial charge in [-0.05, 0) is 43.9 Å². The van der Waals surface area contributed by atoms with E-state index in [4.69, 9.17) is 4.74 Å². The van der Waals surface area contributed by atoms with Crippen LogP contribution in [0, 0.1) is 6.92 Å². The molecule has 77 valence electrons. The number of aryl methyl sites for hydroxylation is 1. The van der Waals surface area contributed by atoms with Crippen LogP contribution < -0.4 is 4.74 Å². The second kappa shape index (κ2) is 5.69. The summed E-state index contributed by atoms with van der Waals surface area (Å²) in [5, 5.41) is 0. The van der Waals surface area contributed by atoms with Crippen LogP contribution in [0.15, 0.2) is 24.3 Å². The van der Waals surface area contributed by atoms with Gasteiger partial charge in [-0.25, -0.2) is 0 Å². The lowest BCUT2D eigenvalue weighted by atomic mass is 10.1. The molecule has 0 aliphatic rings. The second-order valence-corrected chi connectivity index (χ2v) is 3.58. The zero-order valence-corrected chi connectivity index (χ0v) is 9.12. The van der Waals surface area contributed by atoms with Gasteiger partial charge in [-0.1, -0.05) is 26.0 Å². The number of benzene rings is 1. The Balaban J connectivity index is 2.54. The first-order valence-electron chi connectivity index (χ1n) is 5.31. The maximum absolute atomic E-state index is 5.68. The van der Waals surface area contributed by atoms with Gasteiger partial charge in [0.2, 0.25) is 0 Å². The van der Waals surface area contributed by atoms with Gasteiger partial charge in [0, 0.05) is 0 Å². The van der Waals surface area contributed by atoms with Crippen molar-refractivity contribution >= 4 is 0 Å². The molecule has 1 heteroatoms. The minimum absolute atomic E-state index is 0.300. The van der Waals surface area contributed by atoms with Crippen molar-refractivity contribution in [2.75, 3.05) is 0 Å². The molecule has 0 saturated carbocycles. The molecule has 0 aliphatic heterocycles. The van der Waals surface area contributed by atoms with Gasteiger partial charge in [-0.2, -0.15) is 0 Å². The second-order valence-electron chi connectivity index (χ2n) is 3.58. The summed E-state index contributed by atoms with van der Waals surface area (Å²) in [5.74, 6) is 0.965. The molecule has 0 fully saturated rings. The fourth-order valence-corrected chi connectivity index (χ4v) is 1.25. The normalized spacial score (nSPS) is 12.5. The minimum atomic E-state index is 0.300. The van der Waals surface area contributed by atoms with Crippen molar-refractivity contribution in [1.29, 1.82) is 0 Å². The van der Waals surface area contributed by atoms with Gasteiger partial charge < -0.3 is 4.74 Å². The molecule has 1 nitrogen and oxygen atoms in total. The Labute approximate surface area is 87.1 Å². The van der Waals surface area contributed by atoms with E-state index in [0.717, 1.165) is 25.0 Å². The average molecular weight is 191 g/mol. The van der Waals surface area contributed by atoms with E-state index in [1.165, 1.54) is 5.56 Å². The van der Waals surface area contributed by atoms with Crippen LogP contribution in [0.1, 0.15) is 32.3 Å². The fraction of sp³-hybridized carbons (Fsp3) is 0.462. The number of ether oxygens (including phenoxy) is 1. The summed E-state index contributed by atoms with van der Waals surface area (Å²) in [7, 11) is 0. The van der Waals surface area contributed by atoms with Crippen molar-refractivity contribution in [2.24, 2.45) is 0 Å². The largest absolute Gasteiger partial charge is 0.491 e. The molecule has 1 radical (unpaired) electrons. The predicted molar refractivity (Wildman–Crippen MR) is 60.5 cm³/mol. The van der Waals surface area contributed by atoms with Crippen molar-refractivity contribution in [3.8, 4) is 5.75 Å². The highest BCUT2D eigenvalue weighted by Crippen LogP contribution is 2.15. The summed E-state index contributed by atoms with van der Waals surface area (Å²) in [6.07, 6.45) is 3.34. The third-order valence-electron chi connectivity index (χ3n) is 2.30. The van der Waals surface area contributed by atoms with Crippen molar-refractivity contribution in [1.82, 2.24) is 0 Å². The molecule has 0 heterocycles. The smallest absolute Gasteiger partial charge is 0.119 e. The highest BCUT2D eigenvalue weighted by Gasteiger charge is 2.00. The molecule has 0 aromatic heterocycles. The Kier molecular flexibility index (Phi) is 4.51. The van der Waals surface area contributed by atoms with E-state index in [0.29, 0.717) is 6.10 Å². The van der Waals surface area contributed by atoms with Crippen molar-refractivity contribution in [3.05, 3.63) is 36.8 Å². The van der Waals surface area contributed by atoms with Crippen molar-refractivity contribution < 1.29 is 4.74 Å². The standard InChI is InChI=1S/C13H19O/c1-4-6-12-7-9-13(10-8-12)14-11(3)5-2/h7-11H,1,4-6H2,2-3H3. The molecule has 0 spiro atoms. The molecule has 0 bridgehead atoms. The number of hydrogen-bond donors (Lipinski definition) is 0. The fourth-order valence-electron chi connectivity index (χ4n) is 1.25. The van der Waals surface area contributed by atoms with Gasteiger partial charge in [0.15, 0.2) is 0 Å². The molecule has 0 aliphatic carbocycles. The Morgan fingerprint density at radius 1 is 1.29 bits per heavy atom. The number of rotatable bonds is 5. The topological polar surface area (TPSA) is 9.23 Å². The maximum atomic E-state index is 5.68. The van der Waals surface area contributed by atoms with Gasteiger partial charge >= 0.3 is 0 Å². The molecule has 0 amide bonds. The Hall–Kier alpha value is -0.980. The van der Waals surface area contributed by atoms with Crippen LogP contribution in [-0.2, 0) is 6.42 Å². The van der Waals surface area contributed by atoms with E-state index in [1.807, 2.05) is 12.1 Å². The average Bonchev–Trinajstić information content (AvgIpc) is 2.21. The highest BCUT2D eigenvalue weighted by atomic mass is 16.5. The molecule has 1 rings (SSSR count). The van der Waals surface area contributed by atoms with Gasteiger partial charge in [0.05, 0.1) is 6.10 Å². The predicted octanol–water partition coefficient (Wildman–Crippen LogP) is 3.63. The highest BCUT2D eigenvalue weighted by molar-refractivity contribution is 5.27. The molecule has 0 N–H and O–H groups in total. The Morgan fingerprint density at radius 2 is 1.93 bits per heavy atom. The van der Waals surface area contributed by atoms with Crippen molar-refractivity contribution in [3.63, 3.8) is 0 Å². The molecule has 1 atom stereocenters. The first-order chi connectivity index (χ1) is 6.76. The zero-order chi connectivity index (χ0) is 10.4. The lowest BCUT2D eigenvalue weighted by Gasteiger charge is -2.12. The molecular weight excluding hydrogens is 172 g/mol. The molecule has 0 saturated heterocycles. The first-order valence-corrected chi connectivity index (χ1v) is 5.31. The van der Waals surface area contributed by atoms with Crippen LogP contribution in [0.25, 0.3) is 0 Å². The van der Waals surface area contributed by atoms with Crippen LogP contribution >= 0.6 is 0 Å². The number of hydrogen-bond acceptors (Lipinski definition) is 1. The lowest BCUT2D eigenvalue weighted by molar-refractivity contribution is 0.217. The minimum Gasteiger partial charge on any atom is -0.491 e. The van der Waals surface area contributed by atoms with E-state index in [2.05, 4.69) is 32.9 Å². The van der Waals surface area contributed by atoms with Crippen molar-refractivity contribution in [2.45, 2.75) is 39.2 Å². The summed E-state index contributed by atoms with van der Waals surface area (Å²) in [6, 6.07) is 8.31. The zero-order valence-electron chi connectivity index (χ0n) is 9.12. The van der Waals surface area contributed by atoms with Crippen LogP contribution in [0.2, 0.25) is 0 Å². The summed E-state index contributed by atoms with van der Waals surface area (Å²) in [5.41, 5.74) is 1.33. The van der Waals surface area contributed by atoms with E-state index in [-0.39, 0.29) is 0 Å². The molecule has 14 heavy (non-hydrogen) atoms. The monoisotopic (exact) mass is 191 g/mol. The van der Waals surface area contributed by atoms with Gasteiger partial charge in [-0.15, -0.1) is 0 Å².